The second-order valence-corrected chi connectivity index (χ2v) is 6.94. The minimum atomic E-state index is -0.574. The molecule has 1 N–H and O–H groups in total. The van der Waals surface area contributed by atoms with Gasteiger partial charge < -0.3 is 10.1 Å². The van der Waals surface area contributed by atoms with Gasteiger partial charge in [0.15, 0.2) is 6.61 Å². The summed E-state index contributed by atoms with van der Waals surface area (Å²) in [6.45, 7) is -0.292. The van der Waals surface area contributed by atoms with Crippen molar-refractivity contribution in [1.29, 1.82) is 0 Å². The number of carbonyl (C=O) groups excluding carboxylic acids is 4. The van der Waals surface area contributed by atoms with Crippen molar-refractivity contribution < 1.29 is 23.9 Å². The van der Waals surface area contributed by atoms with Gasteiger partial charge >= 0.3 is 5.97 Å². The predicted octanol–water partition coefficient (Wildman–Crippen LogP) is 0.930. The highest BCUT2D eigenvalue weighted by molar-refractivity contribution is 6.05. The van der Waals surface area contributed by atoms with E-state index >= 15 is 0 Å². The maximum atomic E-state index is 12.3. The summed E-state index contributed by atoms with van der Waals surface area (Å²) in [6.07, 6.45) is 9.09. The number of esters is 1. The van der Waals surface area contributed by atoms with E-state index in [-0.39, 0.29) is 55.2 Å². The average Bonchev–Trinajstić information content (AvgIpc) is 3.20. The van der Waals surface area contributed by atoms with Crippen molar-refractivity contribution in [2.75, 3.05) is 13.2 Å². The van der Waals surface area contributed by atoms with Gasteiger partial charge in [-0.1, -0.05) is 25.0 Å². The largest absolute Gasteiger partial charge is 0.456 e. The van der Waals surface area contributed by atoms with Crippen LogP contribution in [0.15, 0.2) is 12.2 Å². The van der Waals surface area contributed by atoms with E-state index in [0.29, 0.717) is 12.8 Å². The highest BCUT2D eigenvalue weighted by Gasteiger charge is 2.46. The smallest absolute Gasteiger partial charge is 0.308 e. The molecule has 1 saturated carbocycles. The molecule has 1 heterocycles. The van der Waals surface area contributed by atoms with Crippen LogP contribution in [-0.2, 0) is 23.9 Å². The number of rotatable bonds is 6. The zero-order valence-electron chi connectivity index (χ0n) is 14.2. The summed E-state index contributed by atoms with van der Waals surface area (Å²) >= 11 is 0. The maximum Gasteiger partial charge on any atom is 0.308 e. The topological polar surface area (TPSA) is 92.8 Å². The number of allylic oxidation sites excluding steroid dienone is 2. The Morgan fingerprint density at radius 3 is 2.28 bits per heavy atom. The fraction of sp³-hybridized carbons (Fsp3) is 0.667. The molecule has 25 heavy (non-hydrogen) atoms. The number of fused-ring (bicyclic) bond motifs is 1. The lowest BCUT2D eigenvalue weighted by Crippen LogP contribution is -2.36. The lowest BCUT2D eigenvalue weighted by Gasteiger charge is -2.14. The summed E-state index contributed by atoms with van der Waals surface area (Å²) < 4.78 is 4.95. The Kier molecular flexibility index (Phi) is 5.50. The monoisotopic (exact) mass is 348 g/mol. The van der Waals surface area contributed by atoms with Crippen molar-refractivity contribution in [1.82, 2.24) is 10.2 Å². The van der Waals surface area contributed by atoms with Gasteiger partial charge in [-0.15, -0.1) is 0 Å². The number of ether oxygens (including phenoxy) is 1. The standard InChI is InChI=1S/C18H24N2O5/c21-15(19-12-5-1-2-6-12)11-25-16(22)9-10-20-17(23)13-7-3-4-8-14(13)18(20)24/h3-4,12-14H,1-2,5-11H2,(H,19,21)/t13-,14-/m1/s1. The van der Waals surface area contributed by atoms with E-state index in [4.69, 9.17) is 4.74 Å². The van der Waals surface area contributed by atoms with Crippen molar-refractivity contribution >= 4 is 23.7 Å². The van der Waals surface area contributed by atoms with Crippen LogP contribution in [0.25, 0.3) is 0 Å². The number of hydrogen-bond acceptors (Lipinski definition) is 5. The number of hydrogen-bond donors (Lipinski definition) is 1. The normalized spacial score (nSPS) is 26.0. The molecule has 0 bridgehead atoms. The second-order valence-electron chi connectivity index (χ2n) is 6.94. The molecule has 136 valence electrons. The Morgan fingerprint density at radius 1 is 1.08 bits per heavy atom. The van der Waals surface area contributed by atoms with Crippen molar-refractivity contribution in [2.24, 2.45) is 11.8 Å². The van der Waals surface area contributed by atoms with Crippen LogP contribution in [-0.4, -0.2) is 47.8 Å². The molecule has 0 aromatic carbocycles. The van der Waals surface area contributed by atoms with E-state index in [1.165, 1.54) is 4.90 Å². The molecule has 2 aliphatic carbocycles. The molecule has 0 radical (unpaired) electrons. The molecule has 0 spiro atoms. The zero-order valence-corrected chi connectivity index (χ0v) is 14.2. The van der Waals surface area contributed by atoms with E-state index in [1.54, 1.807) is 0 Å². The van der Waals surface area contributed by atoms with Crippen LogP contribution in [0.3, 0.4) is 0 Å². The molecule has 3 amide bonds. The molecule has 2 atom stereocenters. The van der Waals surface area contributed by atoms with Gasteiger partial charge in [0.2, 0.25) is 11.8 Å². The summed E-state index contributed by atoms with van der Waals surface area (Å²) in [4.78, 5) is 49.3. The minimum absolute atomic E-state index is 0.0216. The molecular weight excluding hydrogens is 324 g/mol. The fourth-order valence-electron chi connectivity index (χ4n) is 3.85. The molecule has 1 aliphatic heterocycles. The molecule has 0 unspecified atom stereocenters. The molecular formula is C18H24N2O5. The van der Waals surface area contributed by atoms with Gasteiger partial charge in [0.05, 0.1) is 18.3 Å². The van der Waals surface area contributed by atoms with Gasteiger partial charge in [0.25, 0.3) is 5.91 Å². The SMILES string of the molecule is O=C(COC(=O)CCN1C(=O)[C@@H]2CC=CC[C@H]2C1=O)NC1CCCC1. The van der Waals surface area contributed by atoms with Crippen LogP contribution >= 0.6 is 0 Å². The Morgan fingerprint density at radius 2 is 1.68 bits per heavy atom. The first-order chi connectivity index (χ1) is 12.1. The van der Waals surface area contributed by atoms with Crippen molar-refractivity contribution in [3.8, 4) is 0 Å². The molecule has 0 aromatic heterocycles. The Labute approximate surface area is 146 Å². The van der Waals surface area contributed by atoms with Crippen LogP contribution in [0.2, 0.25) is 0 Å². The van der Waals surface area contributed by atoms with Crippen LogP contribution in [0, 0.1) is 11.8 Å². The van der Waals surface area contributed by atoms with Gasteiger partial charge in [-0.3, -0.25) is 24.1 Å². The molecule has 7 nitrogen and oxygen atoms in total. The number of amides is 3. The van der Waals surface area contributed by atoms with E-state index in [9.17, 15) is 19.2 Å². The summed E-state index contributed by atoms with van der Waals surface area (Å²) in [5.41, 5.74) is 0. The first kappa shape index (κ1) is 17.6. The van der Waals surface area contributed by atoms with E-state index in [1.807, 2.05) is 12.2 Å². The van der Waals surface area contributed by atoms with E-state index in [2.05, 4.69) is 5.32 Å². The van der Waals surface area contributed by atoms with Gasteiger partial charge in [0.1, 0.15) is 0 Å². The van der Waals surface area contributed by atoms with E-state index < -0.39 is 5.97 Å². The average molecular weight is 348 g/mol. The number of carbonyl (C=O) groups is 4. The van der Waals surface area contributed by atoms with Crippen molar-refractivity contribution in [3.63, 3.8) is 0 Å². The molecule has 3 aliphatic rings. The Bertz CT molecular complexity index is 568. The van der Waals surface area contributed by atoms with Crippen LogP contribution < -0.4 is 5.32 Å². The zero-order chi connectivity index (χ0) is 17.8. The van der Waals surface area contributed by atoms with Crippen LogP contribution in [0.1, 0.15) is 44.9 Å². The number of nitrogens with zero attached hydrogens (tertiary/aromatic N) is 1. The molecule has 0 aromatic rings. The fourth-order valence-corrected chi connectivity index (χ4v) is 3.85. The first-order valence-corrected chi connectivity index (χ1v) is 9.01. The third-order valence-electron chi connectivity index (χ3n) is 5.22. The van der Waals surface area contributed by atoms with Gasteiger partial charge in [-0.2, -0.15) is 0 Å². The molecule has 3 rings (SSSR count). The number of likely N-dealkylation sites (tertiary alicyclic amines) is 1. The highest BCUT2D eigenvalue weighted by atomic mass is 16.5. The van der Waals surface area contributed by atoms with Crippen LogP contribution in [0.4, 0.5) is 0 Å². The first-order valence-electron chi connectivity index (χ1n) is 9.01. The quantitative estimate of drug-likeness (QED) is 0.438. The molecule has 2 fully saturated rings. The molecule has 7 heteroatoms. The lowest BCUT2D eigenvalue weighted by molar-refractivity contribution is -0.150. The summed E-state index contributed by atoms with van der Waals surface area (Å²) in [5, 5.41) is 2.84. The summed E-state index contributed by atoms with van der Waals surface area (Å²) in [5.74, 6) is -1.85. The highest BCUT2D eigenvalue weighted by Crippen LogP contribution is 2.34. The Hall–Kier alpha value is -2.18. The maximum absolute atomic E-state index is 12.3. The number of nitrogens with one attached hydrogen (secondary N) is 1. The van der Waals surface area contributed by atoms with Crippen LogP contribution in [0.5, 0.6) is 0 Å². The third-order valence-corrected chi connectivity index (χ3v) is 5.22. The predicted molar refractivity (Wildman–Crippen MR) is 88.0 cm³/mol. The lowest BCUT2D eigenvalue weighted by atomic mass is 9.85. The second kappa shape index (κ2) is 7.80. The van der Waals surface area contributed by atoms with Gasteiger partial charge in [-0.05, 0) is 25.7 Å². The van der Waals surface area contributed by atoms with Crippen molar-refractivity contribution in [3.05, 3.63) is 12.2 Å². The summed E-state index contributed by atoms with van der Waals surface area (Å²) in [6, 6.07) is 0.183. The summed E-state index contributed by atoms with van der Waals surface area (Å²) in [7, 11) is 0. The van der Waals surface area contributed by atoms with Gasteiger partial charge in [0, 0.05) is 12.6 Å². The van der Waals surface area contributed by atoms with E-state index in [0.717, 1.165) is 25.7 Å². The van der Waals surface area contributed by atoms with Gasteiger partial charge in [-0.25, -0.2) is 0 Å². The van der Waals surface area contributed by atoms with Crippen molar-refractivity contribution in [2.45, 2.75) is 51.0 Å². The molecule has 1 saturated heterocycles. The third kappa shape index (κ3) is 4.08. The number of imide groups is 1. The minimum Gasteiger partial charge on any atom is -0.456 e. The Balaban J connectivity index is 1.39.